The first kappa shape index (κ1) is 13.4. The van der Waals surface area contributed by atoms with E-state index in [-0.39, 0.29) is 6.03 Å². The predicted molar refractivity (Wildman–Crippen MR) is 79.8 cm³/mol. The number of nitrogens with one attached hydrogen (secondary N) is 2. The molecule has 0 bridgehead atoms. The second-order valence-electron chi connectivity index (χ2n) is 3.79. The topological polar surface area (TPSA) is 50.4 Å². The molecule has 2 N–H and O–H groups in total. The van der Waals surface area contributed by atoms with E-state index in [0.717, 1.165) is 10.2 Å². The SMILES string of the molecule is COc1ccccc1NC(=O)Nc1ccc(Br)cc1. The van der Waals surface area contributed by atoms with Gasteiger partial charge in [-0.2, -0.15) is 0 Å². The van der Waals surface area contributed by atoms with Gasteiger partial charge in [-0.05, 0) is 36.4 Å². The molecule has 4 nitrogen and oxygen atoms in total. The van der Waals surface area contributed by atoms with Gasteiger partial charge in [0.05, 0.1) is 12.8 Å². The number of amides is 2. The zero-order valence-electron chi connectivity index (χ0n) is 10.3. The van der Waals surface area contributed by atoms with E-state index in [4.69, 9.17) is 4.74 Å². The van der Waals surface area contributed by atoms with Gasteiger partial charge in [0.15, 0.2) is 0 Å². The quantitative estimate of drug-likeness (QED) is 0.894. The molecule has 0 spiro atoms. The first-order valence-electron chi connectivity index (χ1n) is 5.65. The number of halogens is 1. The van der Waals surface area contributed by atoms with Crippen molar-refractivity contribution < 1.29 is 9.53 Å². The third-order valence-corrected chi connectivity index (χ3v) is 2.99. The maximum absolute atomic E-state index is 11.8. The van der Waals surface area contributed by atoms with Crippen molar-refractivity contribution in [2.75, 3.05) is 17.7 Å². The maximum atomic E-state index is 11.8. The highest BCUT2D eigenvalue weighted by Gasteiger charge is 2.06. The number of para-hydroxylation sites is 2. The summed E-state index contributed by atoms with van der Waals surface area (Å²) in [6.45, 7) is 0. The van der Waals surface area contributed by atoms with Crippen molar-refractivity contribution in [3.63, 3.8) is 0 Å². The van der Waals surface area contributed by atoms with Crippen LogP contribution in [-0.4, -0.2) is 13.1 Å². The van der Waals surface area contributed by atoms with Crippen molar-refractivity contribution in [2.45, 2.75) is 0 Å². The molecule has 2 amide bonds. The van der Waals surface area contributed by atoms with Crippen molar-refractivity contribution in [3.05, 3.63) is 53.0 Å². The number of benzene rings is 2. The van der Waals surface area contributed by atoms with Crippen molar-refractivity contribution >= 4 is 33.3 Å². The van der Waals surface area contributed by atoms with Crippen LogP contribution in [0.5, 0.6) is 5.75 Å². The molecule has 0 unspecified atom stereocenters. The van der Waals surface area contributed by atoms with Crippen LogP contribution in [-0.2, 0) is 0 Å². The third kappa shape index (κ3) is 3.72. The molecule has 98 valence electrons. The molecule has 5 heteroatoms. The summed E-state index contributed by atoms with van der Waals surface area (Å²) in [4.78, 5) is 11.8. The van der Waals surface area contributed by atoms with Crippen LogP contribution < -0.4 is 15.4 Å². The minimum absolute atomic E-state index is 0.313. The Morgan fingerprint density at radius 3 is 2.42 bits per heavy atom. The summed E-state index contributed by atoms with van der Waals surface area (Å²) >= 11 is 3.34. The standard InChI is InChI=1S/C14H13BrN2O2/c1-19-13-5-3-2-4-12(13)17-14(18)16-11-8-6-10(15)7-9-11/h2-9H,1H3,(H2,16,17,18). The van der Waals surface area contributed by atoms with E-state index >= 15 is 0 Å². The number of hydrogen-bond acceptors (Lipinski definition) is 2. The number of hydrogen-bond donors (Lipinski definition) is 2. The zero-order valence-corrected chi connectivity index (χ0v) is 11.9. The van der Waals surface area contributed by atoms with Gasteiger partial charge in [-0.3, -0.25) is 0 Å². The lowest BCUT2D eigenvalue weighted by atomic mass is 10.3. The van der Waals surface area contributed by atoms with E-state index in [1.807, 2.05) is 36.4 Å². The Bertz CT molecular complexity index is 570. The molecule has 2 aromatic rings. The Morgan fingerprint density at radius 1 is 1.05 bits per heavy atom. The van der Waals surface area contributed by atoms with Crippen molar-refractivity contribution in [1.29, 1.82) is 0 Å². The smallest absolute Gasteiger partial charge is 0.323 e. The number of ether oxygens (including phenoxy) is 1. The van der Waals surface area contributed by atoms with Crippen molar-refractivity contribution in [2.24, 2.45) is 0 Å². The Labute approximate surface area is 119 Å². The summed E-state index contributed by atoms with van der Waals surface area (Å²) in [7, 11) is 1.56. The number of carbonyl (C=O) groups excluding carboxylic acids is 1. The average molecular weight is 321 g/mol. The third-order valence-electron chi connectivity index (χ3n) is 2.46. The fraction of sp³-hybridized carbons (Fsp3) is 0.0714. The number of urea groups is 1. The van der Waals surface area contributed by atoms with Crippen molar-refractivity contribution in [3.8, 4) is 5.75 Å². The number of methoxy groups -OCH3 is 1. The Balaban J connectivity index is 2.03. The van der Waals surface area contributed by atoms with E-state index in [9.17, 15) is 4.79 Å². The molecule has 0 aliphatic carbocycles. The molecule has 0 saturated heterocycles. The highest BCUT2D eigenvalue weighted by molar-refractivity contribution is 9.10. The number of carbonyl (C=O) groups is 1. The van der Waals surface area contributed by atoms with Crippen LogP contribution in [0, 0.1) is 0 Å². The summed E-state index contributed by atoms with van der Waals surface area (Å²) in [5.41, 5.74) is 1.34. The van der Waals surface area contributed by atoms with Crippen LogP contribution in [0.2, 0.25) is 0 Å². The van der Waals surface area contributed by atoms with Crippen LogP contribution in [0.15, 0.2) is 53.0 Å². The van der Waals surface area contributed by atoms with E-state index in [1.165, 1.54) is 0 Å². The van der Waals surface area contributed by atoms with E-state index in [1.54, 1.807) is 19.2 Å². The lowest BCUT2D eigenvalue weighted by Gasteiger charge is -2.10. The summed E-state index contributed by atoms with van der Waals surface area (Å²) in [5.74, 6) is 0.619. The molecular formula is C14H13BrN2O2. The lowest BCUT2D eigenvalue weighted by Crippen LogP contribution is -2.19. The first-order valence-corrected chi connectivity index (χ1v) is 6.45. The Kier molecular flexibility index (Phi) is 4.41. The van der Waals surface area contributed by atoms with Crippen LogP contribution in [0.4, 0.5) is 16.2 Å². The molecule has 0 radical (unpaired) electrons. The second kappa shape index (κ2) is 6.24. The van der Waals surface area contributed by atoms with Crippen LogP contribution in [0.3, 0.4) is 0 Å². The normalized spacial score (nSPS) is 9.79. The number of rotatable bonds is 3. The van der Waals surface area contributed by atoms with Gasteiger partial charge in [0.2, 0.25) is 0 Å². The molecule has 0 aromatic heterocycles. The molecule has 0 heterocycles. The van der Waals surface area contributed by atoms with E-state index in [2.05, 4.69) is 26.6 Å². The Hall–Kier alpha value is -2.01. The van der Waals surface area contributed by atoms with Crippen LogP contribution >= 0.6 is 15.9 Å². The maximum Gasteiger partial charge on any atom is 0.323 e. The summed E-state index contributed by atoms with van der Waals surface area (Å²) < 4.78 is 6.12. The number of anilines is 2. The summed E-state index contributed by atoms with van der Waals surface area (Å²) in [6.07, 6.45) is 0. The van der Waals surface area contributed by atoms with E-state index in [0.29, 0.717) is 11.4 Å². The van der Waals surface area contributed by atoms with Gasteiger partial charge >= 0.3 is 6.03 Å². The summed E-state index contributed by atoms with van der Waals surface area (Å²) in [5, 5.41) is 5.48. The van der Waals surface area contributed by atoms with Gasteiger partial charge in [-0.1, -0.05) is 28.1 Å². The molecule has 0 atom stereocenters. The van der Waals surface area contributed by atoms with Gasteiger partial charge in [0, 0.05) is 10.2 Å². The van der Waals surface area contributed by atoms with E-state index < -0.39 is 0 Å². The minimum atomic E-state index is -0.313. The fourth-order valence-electron chi connectivity index (χ4n) is 1.57. The second-order valence-corrected chi connectivity index (χ2v) is 4.70. The highest BCUT2D eigenvalue weighted by Crippen LogP contribution is 2.23. The fourth-order valence-corrected chi connectivity index (χ4v) is 1.83. The van der Waals surface area contributed by atoms with Crippen molar-refractivity contribution in [1.82, 2.24) is 0 Å². The lowest BCUT2D eigenvalue weighted by molar-refractivity contribution is 0.262. The average Bonchev–Trinajstić information content (AvgIpc) is 2.42. The molecule has 2 aromatic carbocycles. The minimum Gasteiger partial charge on any atom is -0.495 e. The molecule has 19 heavy (non-hydrogen) atoms. The molecule has 2 rings (SSSR count). The van der Waals surface area contributed by atoms with Gasteiger partial charge in [0.25, 0.3) is 0 Å². The van der Waals surface area contributed by atoms with Crippen LogP contribution in [0.25, 0.3) is 0 Å². The van der Waals surface area contributed by atoms with Gasteiger partial charge in [-0.15, -0.1) is 0 Å². The predicted octanol–water partition coefficient (Wildman–Crippen LogP) is 4.10. The van der Waals surface area contributed by atoms with Gasteiger partial charge in [-0.25, -0.2) is 4.79 Å². The largest absolute Gasteiger partial charge is 0.495 e. The zero-order chi connectivity index (χ0) is 13.7. The highest BCUT2D eigenvalue weighted by atomic mass is 79.9. The van der Waals surface area contributed by atoms with Gasteiger partial charge < -0.3 is 15.4 Å². The first-order chi connectivity index (χ1) is 9.19. The molecular weight excluding hydrogens is 308 g/mol. The summed E-state index contributed by atoms with van der Waals surface area (Å²) in [6, 6.07) is 14.3. The molecule has 0 fully saturated rings. The molecule has 0 aliphatic heterocycles. The molecule has 0 saturated carbocycles. The van der Waals surface area contributed by atoms with Crippen LogP contribution in [0.1, 0.15) is 0 Å². The van der Waals surface area contributed by atoms with Gasteiger partial charge in [0.1, 0.15) is 5.75 Å². The monoisotopic (exact) mass is 320 g/mol. The Morgan fingerprint density at radius 2 is 1.74 bits per heavy atom. The molecule has 0 aliphatic rings.